The lowest BCUT2D eigenvalue weighted by molar-refractivity contribution is -0.110. The van der Waals surface area contributed by atoms with Gasteiger partial charge in [-0.05, 0) is 30.7 Å². The van der Waals surface area contributed by atoms with E-state index in [2.05, 4.69) is 13.0 Å². The lowest BCUT2D eigenvalue weighted by Gasteiger charge is -1.95. The van der Waals surface area contributed by atoms with Crippen LogP contribution in [0.25, 0.3) is 0 Å². The van der Waals surface area contributed by atoms with Crippen LogP contribution in [-0.2, 0) is 4.79 Å². The van der Waals surface area contributed by atoms with Crippen molar-refractivity contribution in [2.24, 2.45) is 0 Å². The molecule has 0 aliphatic rings. The molecule has 1 heterocycles. The third-order valence-electron chi connectivity index (χ3n) is 2.40. The van der Waals surface area contributed by atoms with Crippen molar-refractivity contribution in [2.75, 3.05) is 0 Å². The number of rotatable bonds is 8. The molecule has 0 bridgehead atoms. The minimum Gasteiger partial charge on any atom is -0.471 e. The van der Waals surface area contributed by atoms with E-state index in [4.69, 9.17) is 4.42 Å². The van der Waals surface area contributed by atoms with Gasteiger partial charge in [-0.1, -0.05) is 38.3 Å². The second kappa shape index (κ2) is 9.11. The number of thioether (sulfide) groups is 1. The van der Waals surface area contributed by atoms with E-state index in [0.717, 1.165) is 11.3 Å². The number of hydrogen-bond acceptors (Lipinski definition) is 3. The van der Waals surface area contributed by atoms with Gasteiger partial charge >= 0.3 is 0 Å². The fourth-order valence-electron chi connectivity index (χ4n) is 1.47. The molecule has 0 spiro atoms. The Kier molecular flexibility index (Phi) is 7.56. The summed E-state index contributed by atoms with van der Waals surface area (Å²) in [4.78, 5) is 12.4. The Morgan fingerprint density at radius 3 is 2.94 bits per heavy atom. The van der Waals surface area contributed by atoms with Gasteiger partial charge < -0.3 is 4.42 Å². The molecule has 1 aromatic rings. The van der Waals surface area contributed by atoms with Crippen molar-refractivity contribution in [3.63, 3.8) is 0 Å². The molecule has 1 aromatic heterocycles. The van der Waals surface area contributed by atoms with Crippen molar-refractivity contribution in [2.45, 2.75) is 50.3 Å². The predicted octanol–water partition coefficient (Wildman–Crippen LogP) is 4.82. The molecule has 0 N–H and O–H groups in total. The summed E-state index contributed by atoms with van der Waals surface area (Å²) in [5, 5.41) is 0.163. The molecule has 3 heteroatoms. The number of hydrogen-bond donors (Lipinski definition) is 0. The zero-order valence-corrected chi connectivity index (χ0v) is 11.2. The molecule has 0 unspecified atom stereocenters. The minimum absolute atomic E-state index is 0.163. The average Bonchev–Trinajstić information content (AvgIpc) is 2.80. The van der Waals surface area contributed by atoms with E-state index in [9.17, 15) is 4.79 Å². The first kappa shape index (κ1) is 14.1. The first-order valence-electron chi connectivity index (χ1n) is 6.20. The summed E-state index contributed by atoms with van der Waals surface area (Å²) >= 11 is 1.24. The minimum atomic E-state index is 0.163. The quantitative estimate of drug-likeness (QED) is 0.377. The molecule has 0 aliphatic heterocycles. The predicted molar refractivity (Wildman–Crippen MR) is 72.1 cm³/mol. The molecule has 0 atom stereocenters. The lowest BCUT2D eigenvalue weighted by atomic mass is 10.1. The standard InChI is InChI=1S/C14H20O2S/c1-2-3-4-5-6-7-8-9-14(15)17-13-10-11-16-12-13/h7-8,10-12H,2-6,9H2,1H3/b8-7+. The molecule has 0 aliphatic carbocycles. The molecule has 1 rings (SSSR count). The van der Waals surface area contributed by atoms with Gasteiger partial charge in [0, 0.05) is 6.42 Å². The molecular formula is C14H20O2S. The number of carbonyl (C=O) groups is 1. The maximum Gasteiger partial charge on any atom is 0.197 e. The van der Waals surface area contributed by atoms with Gasteiger partial charge in [0.05, 0.1) is 11.2 Å². The van der Waals surface area contributed by atoms with Crippen molar-refractivity contribution >= 4 is 16.9 Å². The van der Waals surface area contributed by atoms with Crippen molar-refractivity contribution in [3.05, 3.63) is 30.7 Å². The van der Waals surface area contributed by atoms with E-state index in [1.54, 1.807) is 18.6 Å². The van der Waals surface area contributed by atoms with Crippen molar-refractivity contribution in [3.8, 4) is 0 Å². The van der Waals surface area contributed by atoms with Gasteiger partial charge in [-0.15, -0.1) is 0 Å². The third kappa shape index (κ3) is 7.05. The Morgan fingerprint density at radius 1 is 1.35 bits per heavy atom. The van der Waals surface area contributed by atoms with E-state index in [0.29, 0.717) is 6.42 Å². The highest BCUT2D eigenvalue weighted by molar-refractivity contribution is 8.13. The highest BCUT2D eigenvalue weighted by Gasteiger charge is 2.02. The maximum absolute atomic E-state index is 11.5. The molecule has 0 saturated carbocycles. The summed E-state index contributed by atoms with van der Waals surface area (Å²) in [6.45, 7) is 2.21. The summed E-state index contributed by atoms with van der Waals surface area (Å²) in [5.74, 6) is 0. The molecule has 0 radical (unpaired) electrons. The fourth-order valence-corrected chi connectivity index (χ4v) is 2.14. The van der Waals surface area contributed by atoms with Crippen LogP contribution in [0.5, 0.6) is 0 Å². The Labute approximate surface area is 107 Å². The number of allylic oxidation sites excluding steroid dienone is 2. The zero-order chi connectivity index (χ0) is 12.3. The van der Waals surface area contributed by atoms with Crippen LogP contribution in [0, 0.1) is 0 Å². The van der Waals surface area contributed by atoms with Gasteiger partial charge in [0.1, 0.15) is 6.26 Å². The highest BCUT2D eigenvalue weighted by atomic mass is 32.2. The molecular weight excluding hydrogens is 232 g/mol. The molecule has 0 fully saturated rings. The summed E-state index contributed by atoms with van der Waals surface area (Å²) in [5.41, 5.74) is 0. The summed E-state index contributed by atoms with van der Waals surface area (Å²) in [7, 11) is 0. The topological polar surface area (TPSA) is 30.2 Å². The Morgan fingerprint density at radius 2 is 2.24 bits per heavy atom. The van der Waals surface area contributed by atoms with Crippen LogP contribution in [0.2, 0.25) is 0 Å². The van der Waals surface area contributed by atoms with Gasteiger partial charge in [0.2, 0.25) is 0 Å². The van der Waals surface area contributed by atoms with Crippen LogP contribution in [0.15, 0.2) is 40.1 Å². The third-order valence-corrected chi connectivity index (χ3v) is 3.26. The summed E-state index contributed by atoms with van der Waals surface area (Å²) < 4.78 is 4.90. The number of carbonyl (C=O) groups excluding carboxylic acids is 1. The molecule has 0 amide bonds. The Balaban J connectivity index is 2.05. The summed E-state index contributed by atoms with van der Waals surface area (Å²) in [6, 6.07) is 1.80. The smallest absolute Gasteiger partial charge is 0.197 e. The van der Waals surface area contributed by atoms with E-state index < -0.39 is 0 Å². The largest absolute Gasteiger partial charge is 0.471 e. The fraction of sp³-hybridized carbons (Fsp3) is 0.500. The number of unbranched alkanes of at least 4 members (excludes halogenated alkanes) is 4. The van der Waals surface area contributed by atoms with Crippen molar-refractivity contribution < 1.29 is 9.21 Å². The van der Waals surface area contributed by atoms with E-state index in [1.807, 2.05) is 6.08 Å². The van der Waals surface area contributed by atoms with Crippen LogP contribution in [0.3, 0.4) is 0 Å². The van der Waals surface area contributed by atoms with Gasteiger partial charge in [-0.25, -0.2) is 0 Å². The molecule has 0 aromatic carbocycles. The van der Waals surface area contributed by atoms with Crippen LogP contribution in [0.1, 0.15) is 45.4 Å². The second-order valence-corrected chi connectivity index (χ2v) is 5.09. The van der Waals surface area contributed by atoms with E-state index in [-0.39, 0.29) is 5.12 Å². The Hall–Kier alpha value is -0.960. The van der Waals surface area contributed by atoms with Crippen molar-refractivity contribution in [1.82, 2.24) is 0 Å². The average molecular weight is 252 g/mol. The molecule has 2 nitrogen and oxygen atoms in total. The van der Waals surface area contributed by atoms with E-state index >= 15 is 0 Å². The first-order chi connectivity index (χ1) is 8.33. The highest BCUT2D eigenvalue weighted by Crippen LogP contribution is 2.20. The normalized spacial score (nSPS) is 11.1. The lowest BCUT2D eigenvalue weighted by Crippen LogP contribution is -1.86. The van der Waals surface area contributed by atoms with Crippen LogP contribution in [-0.4, -0.2) is 5.12 Å². The monoisotopic (exact) mass is 252 g/mol. The van der Waals surface area contributed by atoms with E-state index in [1.165, 1.54) is 37.4 Å². The SMILES string of the molecule is CCCCCC/C=C/CC(=O)Sc1ccoc1. The first-order valence-corrected chi connectivity index (χ1v) is 7.02. The molecule has 0 saturated heterocycles. The molecule has 94 valence electrons. The van der Waals surface area contributed by atoms with Gasteiger partial charge in [0.25, 0.3) is 0 Å². The van der Waals surface area contributed by atoms with Crippen LogP contribution >= 0.6 is 11.8 Å². The van der Waals surface area contributed by atoms with Gasteiger partial charge in [-0.2, -0.15) is 0 Å². The summed E-state index contributed by atoms with van der Waals surface area (Å²) in [6.07, 6.45) is 14.0. The van der Waals surface area contributed by atoms with Gasteiger partial charge in [-0.3, -0.25) is 4.79 Å². The molecule has 17 heavy (non-hydrogen) atoms. The maximum atomic E-state index is 11.5. The van der Waals surface area contributed by atoms with Crippen LogP contribution in [0.4, 0.5) is 0 Å². The van der Waals surface area contributed by atoms with Gasteiger partial charge in [0.15, 0.2) is 5.12 Å². The van der Waals surface area contributed by atoms with Crippen LogP contribution < -0.4 is 0 Å². The number of furan rings is 1. The Bertz CT molecular complexity index is 328. The van der Waals surface area contributed by atoms with Crippen molar-refractivity contribution in [1.29, 1.82) is 0 Å². The second-order valence-electron chi connectivity index (χ2n) is 3.96. The zero-order valence-electron chi connectivity index (χ0n) is 10.4.